The zero-order valence-electron chi connectivity index (χ0n) is 15.2. The molecule has 5 aliphatic rings. The number of nitrogens with one attached hydrogen (secondary N) is 1. The Kier molecular flexibility index (Phi) is 3.79. The number of hydrogen-bond acceptors (Lipinski definition) is 2. The lowest BCUT2D eigenvalue weighted by molar-refractivity contribution is -0.152. The predicted octanol–water partition coefficient (Wildman–Crippen LogP) is 3.99. The molecule has 1 saturated heterocycles. The Hall–Kier alpha value is -0.570. The molecule has 5 fully saturated rings. The van der Waals surface area contributed by atoms with Crippen LogP contribution in [0.4, 0.5) is 0 Å². The fourth-order valence-electron chi connectivity index (χ4n) is 6.51. The van der Waals surface area contributed by atoms with Gasteiger partial charge in [0.1, 0.15) is 0 Å². The fraction of sp³-hybridized carbons (Fsp3) is 0.950. The van der Waals surface area contributed by atoms with Gasteiger partial charge in [-0.3, -0.25) is 10.2 Å². The van der Waals surface area contributed by atoms with E-state index in [0.717, 1.165) is 36.8 Å². The highest BCUT2D eigenvalue weighted by molar-refractivity contribution is 5.82. The maximum Gasteiger partial charge on any atom is 0.240 e. The minimum absolute atomic E-state index is 0.00434. The van der Waals surface area contributed by atoms with Gasteiger partial charge < -0.3 is 0 Å². The van der Waals surface area contributed by atoms with Crippen molar-refractivity contribution in [2.75, 3.05) is 13.1 Å². The Morgan fingerprint density at radius 2 is 1.43 bits per heavy atom. The minimum atomic E-state index is -0.00434. The maximum absolute atomic E-state index is 13.1. The molecule has 0 atom stereocenters. The topological polar surface area (TPSA) is 32.3 Å². The van der Waals surface area contributed by atoms with Crippen LogP contribution in [-0.2, 0) is 4.79 Å². The third-order valence-corrected chi connectivity index (χ3v) is 7.50. The molecule has 3 heteroatoms. The summed E-state index contributed by atoms with van der Waals surface area (Å²) in [5.74, 6) is 3.69. The van der Waals surface area contributed by atoms with E-state index in [1.54, 1.807) is 0 Å². The molecule has 1 aliphatic heterocycles. The van der Waals surface area contributed by atoms with Gasteiger partial charge in [0.15, 0.2) is 0 Å². The van der Waals surface area contributed by atoms with Gasteiger partial charge in [0.05, 0.1) is 5.41 Å². The van der Waals surface area contributed by atoms with Crippen molar-refractivity contribution in [3.8, 4) is 0 Å². The van der Waals surface area contributed by atoms with Crippen LogP contribution in [0.3, 0.4) is 0 Å². The van der Waals surface area contributed by atoms with Crippen molar-refractivity contribution >= 4 is 5.91 Å². The maximum atomic E-state index is 13.1. The Labute approximate surface area is 141 Å². The van der Waals surface area contributed by atoms with Crippen LogP contribution >= 0.6 is 0 Å². The molecule has 0 aromatic carbocycles. The zero-order valence-corrected chi connectivity index (χ0v) is 15.2. The van der Waals surface area contributed by atoms with E-state index in [2.05, 4.69) is 31.2 Å². The lowest BCUT2D eigenvalue weighted by Crippen LogP contribution is -2.58. The second-order valence-corrected chi connectivity index (χ2v) is 10.3. The zero-order chi connectivity index (χ0) is 16.2. The summed E-state index contributed by atoms with van der Waals surface area (Å²) in [6.07, 6.45) is 10.2. The number of piperidine rings is 1. The second-order valence-electron chi connectivity index (χ2n) is 10.3. The van der Waals surface area contributed by atoms with Gasteiger partial charge in [-0.15, -0.1) is 0 Å². The molecule has 4 bridgehead atoms. The highest BCUT2D eigenvalue weighted by Crippen LogP contribution is 2.60. The molecule has 1 N–H and O–H groups in total. The summed E-state index contributed by atoms with van der Waals surface area (Å²) < 4.78 is 0. The molecular weight excluding hydrogens is 284 g/mol. The summed E-state index contributed by atoms with van der Waals surface area (Å²) in [6.45, 7) is 9.10. The molecule has 4 aliphatic carbocycles. The first kappa shape index (κ1) is 15.9. The molecule has 1 amide bonds. The molecule has 1 heterocycles. The predicted molar refractivity (Wildman–Crippen MR) is 92.5 cm³/mol. The molecule has 130 valence electrons. The number of nitrogens with zero attached hydrogens (tertiary/aromatic N) is 1. The van der Waals surface area contributed by atoms with Crippen molar-refractivity contribution in [3.63, 3.8) is 0 Å². The van der Waals surface area contributed by atoms with E-state index in [9.17, 15) is 4.79 Å². The van der Waals surface area contributed by atoms with E-state index in [-0.39, 0.29) is 5.41 Å². The average Bonchev–Trinajstić information content (AvgIpc) is 2.45. The van der Waals surface area contributed by atoms with E-state index in [1.165, 1.54) is 51.4 Å². The molecule has 5 rings (SSSR count). The van der Waals surface area contributed by atoms with Crippen molar-refractivity contribution in [2.45, 2.75) is 72.1 Å². The smallest absolute Gasteiger partial charge is 0.240 e. The molecule has 4 saturated carbocycles. The number of carbonyl (C=O) groups excluding carboxylic acids is 1. The third kappa shape index (κ3) is 2.94. The Balaban J connectivity index is 1.36. The lowest BCUT2D eigenvalue weighted by Gasteiger charge is -2.56. The summed E-state index contributed by atoms with van der Waals surface area (Å²) in [5, 5.41) is 2.23. The number of carbonyl (C=O) groups is 1. The van der Waals surface area contributed by atoms with Crippen molar-refractivity contribution in [1.29, 1.82) is 0 Å². The number of rotatable bonds is 2. The van der Waals surface area contributed by atoms with Crippen LogP contribution in [0.15, 0.2) is 0 Å². The normalized spacial score (nSPS) is 41.3. The van der Waals surface area contributed by atoms with Gasteiger partial charge in [0.25, 0.3) is 0 Å². The Morgan fingerprint density at radius 3 is 1.87 bits per heavy atom. The lowest BCUT2D eigenvalue weighted by atomic mass is 9.49. The highest BCUT2D eigenvalue weighted by atomic mass is 16.2. The van der Waals surface area contributed by atoms with Gasteiger partial charge in [-0.25, -0.2) is 5.01 Å². The van der Waals surface area contributed by atoms with Gasteiger partial charge in [-0.1, -0.05) is 20.8 Å². The summed E-state index contributed by atoms with van der Waals surface area (Å²) in [5.41, 5.74) is 3.74. The standard InChI is InChI=1S/C20H34N2O/c1-19(2,3)17-4-6-22(7-5-17)21-18(23)20-11-14-8-15(12-20)10-16(9-14)13-20/h14-17H,4-13H2,1-3H3,(H,21,23). The van der Waals surface area contributed by atoms with E-state index in [0.29, 0.717) is 11.3 Å². The average molecular weight is 319 g/mol. The highest BCUT2D eigenvalue weighted by Gasteiger charge is 2.54. The molecular formula is C20H34N2O. The van der Waals surface area contributed by atoms with Crippen LogP contribution in [0.25, 0.3) is 0 Å². The number of hydrazine groups is 1. The Bertz CT molecular complexity index is 435. The van der Waals surface area contributed by atoms with E-state index in [4.69, 9.17) is 0 Å². The largest absolute Gasteiger partial charge is 0.288 e. The molecule has 0 aromatic rings. The van der Waals surface area contributed by atoms with E-state index < -0.39 is 0 Å². The van der Waals surface area contributed by atoms with Crippen LogP contribution < -0.4 is 5.43 Å². The van der Waals surface area contributed by atoms with Crippen LogP contribution in [0.5, 0.6) is 0 Å². The molecule has 23 heavy (non-hydrogen) atoms. The van der Waals surface area contributed by atoms with E-state index in [1.807, 2.05) is 0 Å². The van der Waals surface area contributed by atoms with Crippen LogP contribution in [0, 0.1) is 34.5 Å². The number of hydrogen-bond donors (Lipinski definition) is 1. The summed E-state index contributed by atoms with van der Waals surface area (Å²) >= 11 is 0. The SMILES string of the molecule is CC(C)(C)C1CCN(NC(=O)C23CC4CC(CC(C4)C2)C3)CC1. The van der Waals surface area contributed by atoms with E-state index >= 15 is 0 Å². The fourth-order valence-corrected chi connectivity index (χ4v) is 6.51. The van der Waals surface area contributed by atoms with Crippen LogP contribution in [0.1, 0.15) is 72.1 Å². The van der Waals surface area contributed by atoms with Gasteiger partial charge >= 0.3 is 0 Å². The number of amides is 1. The first-order valence-corrected chi connectivity index (χ1v) is 9.90. The van der Waals surface area contributed by atoms with Crippen molar-refractivity contribution in [3.05, 3.63) is 0 Å². The van der Waals surface area contributed by atoms with Crippen molar-refractivity contribution in [2.24, 2.45) is 34.5 Å². The quantitative estimate of drug-likeness (QED) is 0.835. The second kappa shape index (κ2) is 5.47. The van der Waals surface area contributed by atoms with Crippen molar-refractivity contribution < 1.29 is 4.79 Å². The van der Waals surface area contributed by atoms with Crippen LogP contribution in [0.2, 0.25) is 0 Å². The summed E-state index contributed by atoms with van der Waals surface area (Å²) in [7, 11) is 0. The first-order chi connectivity index (χ1) is 10.8. The minimum Gasteiger partial charge on any atom is -0.288 e. The molecule has 3 nitrogen and oxygen atoms in total. The molecule has 0 spiro atoms. The molecule has 0 aromatic heterocycles. The first-order valence-electron chi connectivity index (χ1n) is 9.90. The van der Waals surface area contributed by atoms with Gasteiger partial charge in [0.2, 0.25) is 5.91 Å². The summed E-state index contributed by atoms with van der Waals surface area (Å²) in [4.78, 5) is 13.1. The van der Waals surface area contributed by atoms with Gasteiger partial charge in [-0.05, 0) is 80.5 Å². The Morgan fingerprint density at radius 1 is 0.957 bits per heavy atom. The molecule has 0 unspecified atom stereocenters. The molecule has 0 radical (unpaired) electrons. The van der Waals surface area contributed by atoms with Gasteiger partial charge in [-0.2, -0.15) is 0 Å². The van der Waals surface area contributed by atoms with Crippen molar-refractivity contribution in [1.82, 2.24) is 10.4 Å². The third-order valence-electron chi connectivity index (χ3n) is 7.50. The van der Waals surface area contributed by atoms with Gasteiger partial charge in [0, 0.05) is 13.1 Å². The summed E-state index contributed by atoms with van der Waals surface area (Å²) in [6, 6.07) is 0. The van der Waals surface area contributed by atoms with Crippen LogP contribution in [-0.4, -0.2) is 24.0 Å². The monoisotopic (exact) mass is 318 g/mol.